The molecule has 0 bridgehead atoms. The van der Waals surface area contributed by atoms with Gasteiger partial charge in [0.05, 0.1) is 0 Å². The summed E-state index contributed by atoms with van der Waals surface area (Å²) in [6.07, 6.45) is 0. The number of rotatable bonds is 3. The molecule has 14 heavy (non-hydrogen) atoms. The van der Waals surface area contributed by atoms with E-state index in [1.807, 2.05) is 0 Å². The molecule has 74 valence electrons. The highest BCUT2D eigenvalue weighted by atomic mass is 16.4. The molecule has 0 unspecified atom stereocenters. The van der Waals surface area contributed by atoms with Gasteiger partial charge in [0, 0.05) is 4.91 Å². The van der Waals surface area contributed by atoms with Gasteiger partial charge < -0.3 is 5.11 Å². The summed E-state index contributed by atoms with van der Waals surface area (Å²) in [5.41, 5.74) is 8.62. The van der Waals surface area contributed by atoms with Crippen molar-refractivity contribution >= 4 is 5.97 Å². The van der Waals surface area contributed by atoms with Gasteiger partial charge in [-0.25, -0.2) is 0 Å². The van der Waals surface area contributed by atoms with E-state index < -0.39 is 12.0 Å². The van der Waals surface area contributed by atoms with Gasteiger partial charge >= 0.3 is 5.97 Å². The third-order valence-corrected chi connectivity index (χ3v) is 1.52. The molecule has 0 aromatic heterocycles. The van der Waals surface area contributed by atoms with E-state index in [9.17, 15) is 4.79 Å². The molecule has 5 heteroatoms. The maximum atomic E-state index is 10.6. The van der Waals surface area contributed by atoms with E-state index in [0.717, 1.165) is 0 Å². The monoisotopic (exact) mass is 193 g/mol. The van der Waals surface area contributed by atoms with Crippen LogP contribution in [0.15, 0.2) is 35.4 Å². The molecule has 0 amide bonds. The Balaban J connectivity index is 0.00000169. The van der Waals surface area contributed by atoms with E-state index in [1.165, 1.54) is 0 Å². The Morgan fingerprint density at radius 2 is 2.00 bits per heavy atom. The number of carboxylic acid groups (broad SMARTS) is 1. The summed E-state index contributed by atoms with van der Waals surface area (Å²) in [4.78, 5) is 13.1. The quantitative estimate of drug-likeness (QED) is 0.454. The Hall–Kier alpha value is -2.00. The smallest absolute Gasteiger partial charge is 0.316 e. The Bertz CT molecular complexity index is 342. The van der Waals surface area contributed by atoms with Gasteiger partial charge in [0.1, 0.15) is 0 Å². The summed E-state index contributed by atoms with van der Waals surface area (Å²) < 4.78 is 0. The molecule has 1 aromatic carbocycles. The molecule has 0 aliphatic heterocycles. The molecule has 0 fully saturated rings. The molecule has 0 aliphatic rings. The third-order valence-electron chi connectivity index (χ3n) is 1.52. The Kier molecular flexibility index (Phi) is 4.81. The van der Waals surface area contributed by atoms with Gasteiger partial charge in [0.2, 0.25) is 0 Å². The van der Waals surface area contributed by atoms with E-state index in [4.69, 9.17) is 10.6 Å². The number of azide groups is 1. The highest BCUT2D eigenvalue weighted by molar-refractivity contribution is 5.75. The maximum absolute atomic E-state index is 10.6. The van der Waals surface area contributed by atoms with Crippen molar-refractivity contribution in [1.82, 2.24) is 0 Å². The van der Waals surface area contributed by atoms with Crippen molar-refractivity contribution in [2.45, 2.75) is 13.5 Å². The molecule has 0 saturated heterocycles. The number of aliphatic carboxylic acids is 1. The fraction of sp³-hybridized carbons (Fsp3) is 0.222. The lowest BCUT2D eigenvalue weighted by Gasteiger charge is -2.04. The SMILES string of the molecule is C.[N-]=[N+]=N[C@@H](C(=O)O)c1ccccc1. The molecule has 1 N–H and O–H groups in total. The molecule has 1 aromatic rings. The average molecular weight is 193 g/mol. The summed E-state index contributed by atoms with van der Waals surface area (Å²) in [6.45, 7) is 0. The zero-order valence-electron chi connectivity index (χ0n) is 6.66. The van der Waals surface area contributed by atoms with Gasteiger partial charge in [-0.05, 0) is 11.1 Å². The molecule has 1 atom stereocenters. The second-order valence-electron chi connectivity index (χ2n) is 2.36. The summed E-state index contributed by atoms with van der Waals surface area (Å²) in [5.74, 6) is -1.15. The summed E-state index contributed by atoms with van der Waals surface area (Å²) in [6, 6.07) is 7.22. The van der Waals surface area contributed by atoms with Crippen molar-refractivity contribution in [3.63, 3.8) is 0 Å². The number of benzene rings is 1. The topological polar surface area (TPSA) is 86.1 Å². The highest BCUT2D eigenvalue weighted by Crippen LogP contribution is 2.16. The van der Waals surface area contributed by atoms with Crippen LogP contribution >= 0.6 is 0 Å². The molecule has 1 rings (SSSR count). The van der Waals surface area contributed by atoms with Crippen LogP contribution in [0.5, 0.6) is 0 Å². The first-order chi connectivity index (χ1) is 6.25. The lowest BCUT2D eigenvalue weighted by atomic mass is 10.1. The van der Waals surface area contributed by atoms with Crippen LogP contribution < -0.4 is 0 Å². The number of hydrogen-bond acceptors (Lipinski definition) is 2. The number of nitrogens with zero attached hydrogens (tertiary/aromatic N) is 3. The van der Waals surface area contributed by atoms with Crippen molar-refractivity contribution in [2.24, 2.45) is 5.11 Å². The van der Waals surface area contributed by atoms with Crippen molar-refractivity contribution in [2.75, 3.05) is 0 Å². The Morgan fingerprint density at radius 1 is 1.43 bits per heavy atom. The minimum Gasteiger partial charge on any atom is -0.481 e. The standard InChI is InChI=1S/C8H7N3O2.CH4/c9-11-10-7(8(12)13)6-4-2-1-3-5-6;/h1-5,7H,(H,12,13);1H4/t7-;/m1./s1. The second kappa shape index (κ2) is 5.61. The van der Waals surface area contributed by atoms with Crippen LogP contribution in [-0.4, -0.2) is 11.1 Å². The summed E-state index contributed by atoms with van der Waals surface area (Å²) >= 11 is 0. The van der Waals surface area contributed by atoms with Gasteiger partial charge in [0.15, 0.2) is 6.04 Å². The van der Waals surface area contributed by atoms with Crippen LogP contribution in [0, 0.1) is 0 Å². The van der Waals surface area contributed by atoms with Crippen LogP contribution in [0.3, 0.4) is 0 Å². The second-order valence-corrected chi connectivity index (χ2v) is 2.36. The Labute approximate surface area is 81.6 Å². The van der Waals surface area contributed by atoms with Crippen LogP contribution in [-0.2, 0) is 4.79 Å². The van der Waals surface area contributed by atoms with Crippen LogP contribution in [0.4, 0.5) is 0 Å². The third kappa shape index (κ3) is 2.80. The first-order valence-corrected chi connectivity index (χ1v) is 3.57. The normalized spacial score (nSPS) is 10.6. The zero-order chi connectivity index (χ0) is 9.68. The van der Waals surface area contributed by atoms with Crippen molar-refractivity contribution in [1.29, 1.82) is 0 Å². The largest absolute Gasteiger partial charge is 0.481 e. The highest BCUT2D eigenvalue weighted by Gasteiger charge is 2.16. The maximum Gasteiger partial charge on any atom is 0.316 e. The first-order valence-electron chi connectivity index (χ1n) is 3.57. The van der Waals surface area contributed by atoms with E-state index in [-0.39, 0.29) is 7.43 Å². The van der Waals surface area contributed by atoms with Gasteiger partial charge in [-0.2, -0.15) is 0 Å². The Morgan fingerprint density at radius 3 is 2.43 bits per heavy atom. The molecule has 0 radical (unpaired) electrons. The molecular weight excluding hydrogens is 182 g/mol. The van der Waals surface area contributed by atoms with Crippen molar-refractivity contribution in [3.8, 4) is 0 Å². The fourth-order valence-corrected chi connectivity index (χ4v) is 0.946. The average Bonchev–Trinajstić information content (AvgIpc) is 2.15. The lowest BCUT2D eigenvalue weighted by Crippen LogP contribution is -2.07. The molecular formula is C9H11N3O2. The molecule has 0 heterocycles. The van der Waals surface area contributed by atoms with Crippen LogP contribution in [0.2, 0.25) is 0 Å². The van der Waals surface area contributed by atoms with Crippen LogP contribution in [0.25, 0.3) is 10.4 Å². The zero-order valence-corrected chi connectivity index (χ0v) is 6.66. The van der Waals surface area contributed by atoms with E-state index >= 15 is 0 Å². The van der Waals surface area contributed by atoms with Crippen molar-refractivity contribution in [3.05, 3.63) is 46.3 Å². The van der Waals surface area contributed by atoms with E-state index in [2.05, 4.69) is 10.0 Å². The number of carboxylic acids is 1. The van der Waals surface area contributed by atoms with Crippen LogP contribution in [0.1, 0.15) is 19.0 Å². The van der Waals surface area contributed by atoms with E-state index in [1.54, 1.807) is 30.3 Å². The first kappa shape index (κ1) is 12.0. The predicted molar refractivity (Wildman–Crippen MR) is 52.7 cm³/mol. The lowest BCUT2D eigenvalue weighted by molar-refractivity contribution is -0.138. The van der Waals surface area contributed by atoms with Crippen molar-refractivity contribution < 1.29 is 9.90 Å². The van der Waals surface area contributed by atoms with E-state index in [0.29, 0.717) is 5.56 Å². The molecule has 5 nitrogen and oxygen atoms in total. The van der Waals surface area contributed by atoms with Gasteiger partial charge in [-0.3, -0.25) is 4.79 Å². The molecule has 0 saturated carbocycles. The van der Waals surface area contributed by atoms with Gasteiger partial charge in [0.25, 0.3) is 0 Å². The van der Waals surface area contributed by atoms with Gasteiger partial charge in [-0.1, -0.05) is 42.9 Å². The number of carbonyl (C=O) groups is 1. The molecule has 0 spiro atoms. The summed E-state index contributed by atoms with van der Waals surface area (Å²) in [7, 11) is 0. The predicted octanol–water partition coefficient (Wildman–Crippen LogP) is 2.76. The van der Waals surface area contributed by atoms with Gasteiger partial charge in [-0.15, -0.1) is 0 Å². The number of hydrogen-bond donors (Lipinski definition) is 1. The summed E-state index contributed by atoms with van der Waals surface area (Å²) in [5, 5.41) is 11.9. The molecule has 0 aliphatic carbocycles. The minimum absolute atomic E-state index is 0. The fourth-order valence-electron chi connectivity index (χ4n) is 0.946. The minimum atomic E-state index is -1.15.